The second kappa shape index (κ2) is 8.70. The summed E-state index contributed by atoms with van der Waals surface area (Å²) >= 11 is 0. The smallest absolute Gasteiger partial charge is 0.348 e. The molecule has 1 aliphatic heterocycles. The highest BCUT2D eigenvalue weighted by Crippen LogP contribution is 2.30. The Hall–Kier alpha value is -2.46. The summed E-state index contributed by atoms with van der Waals surface area (Å²) in [6.07, 6.45) is -3.61. The van der Waals surface area contributed by atoms with Gasteiger partial charge in [0.25, 0.3) is 0 Å². The maximum absolute atomic E-state index is 12.6. The number of aromatic nitrogens is 2. The summed E-state index contributed by atoms with van der Waals surface area (Å²) in [5, 5.41) is 6.39. The van der Waals surface area contributed by atoms with Crippen molar-refractivity contribution in [1.82, 2.24) is 25.3 Å². The molecule has 152 valence electrons. The molecule has 10 heteroatoms. The average Bonchev–Trinajstić information content (AvgIpc) is 3.16. The van der Waals surface area contributed by atoms with Crippen molar-refractivity contribution >= 4 is 5.91 Å². The Morgan fingerprint density at radius 2 is 1.86 bits per heavy atom. The lowest BCUT2D eigenvalue weighted by atomic mass is 10.1. The van der Waals surface area contributed by atoms with E-state index in [1.165, 1.54) is 12.1 Å². The Balaban J connectivity index is 1.47. The summed E-state index contributed by atoms with van der Waals surface area (Å²) in [7, 11) is 2.10. The van der Waals surface area contributed by atoms with E-state index < -0.39 is 17.6 Å². The van der Waals surface area contributed by atoms with Gasteiger partial charge in [-0.05, 0) is 32.1 Å². The fourth-order valence-corrected chi connectivity index (χ4v) is 2.89. The van der Waals surface area contributed by atoms with Crippen LogP contribution in [0, 0.1) is 0 Å². The van der Waals surface area contributed by atoms with Gasteiger partial charge >= 0.3 is 18.0 Å². The maximum Gasteiger partial charge on any atom is 0.416 e. The van der Waals surface area contributed by atoms with Gasteiger partial charge in [-0.25, -0.2) is 0 Å². The maximum atomic E-state index is 12.6. The van der Waals surface area contributed by atoms with Gasteiger partial charge in [0.05, 0.1) is 5.56 Å². The molecule has 0 aliphatic carbocycles. The molecule has 0 bridgehead atoms. The number of alkyl halides is 3. The lowest BCUT2D eigenvalue weighted by molar-refractivity contribution is -0.137. The summed E-state index contributed by atoms with van der Waals surface area (Å²) in [6.45, 7) is 5.50. The van der Waals surface area contributed by atoms with E-state index in [0.29, 0.717) is 12.1 Å². The third kappa shape index (κ3) is 5.29. The van der Waals surface area contributed by atoms with E-state index in [1.807, 2.05) is 0 Å². The Bertz CT molecular complexity index is 783. The van der Waals surface area contributed by atoms with Crippen LogP contribution >= 0.6 is 0 Å². The van der Waals surface area contributed by atoms with Gasteiger partial charge in [-0.15, -0.1) is 0 Å². The van der Waals surface area contributed by atoms with E-state index in [9.17, 15) is 18.0 Å². The summed E-state index contributed by atoms with van der Waals surface area (Å²) < 4.78 is 42.7. The molecule has 1 aromatic heterocycles. The van der Waals surface area contributed by atoms with Crippen LogP contribution in [0.1, 0.15) is 22.7 Å². The molecule has 7 nitrogen and oxygen atoms in total. The van der Waals surface area contributed by atoms with Gasteiger partial charge in [0.1, 0.15) is 0 Å². The summed E-state index contributed by atoms with van der Waals surface area (Å²) in [5.74, 6) is -0.644. The monoisotopic (exact) mass is 397 g/mol. The molecule has 0 unspecified atom stereocenters. The molecule has 0 atom stereocenters. The molecular weight excluding hydrogens is 375 g/mol. The van der Waals surface area contributed by atoms with E-state index in [2.05, 4.69) is 32.3 Å². The molecule has 2 heterocycles. The van der Waals surface area contributed by atoms with Crippen LogP contribution in [0.15, 0.2) is 28.8 Å². The molecule has 1 aromatic carbocycles. The van der Waals surface area contributed by atoms with Gasteiger partial charge in [0, 0.05) is 38.3 Å². The van der Waals surface area contributed by atoms with Crippen LogP contribution in [-0.2, 0) is 6.18 Å². The number of carbonyl (C=O) groups excluding carboxylic acids is 1. The zero-order chi connectivity index (χ0) is 20.1. The van der Waals surface area contributed by atoms with E-state index in [1.54, 1.807) is 0 Å². The van der Waals surface area contributed by atoms with Crippen LogP contribution in [0.2, 0.25) is 0 Å². The standard InChI is InChI=1S/C18H22F3N5O2/c1-25-9-11-26(12-10-25)8-2-7-22-16(27)17-23-15(24-28-17)13-3-5-14(6-4-13)18(19,20)21/h3-6H,2,7-12H2,1H3,(H,22,27). The highest BCUT2D eigenvalue weighted by molar-refractivity contribution is 5.89. The number of benzene rings is 1. The highest BCUT2D eigenvalue weighted by atomic mass is 19.4. The zero-order valence-corrected chi connectivity index (χ0v) is 15.5. The highest BCUT2D eigenvalue weighted by Gasteiger charge is 2.30. The van der Waals surface area contributed by atoms with Crippen molar-refractivity contribution in [3.63, 3.8) is 0 Å². The Morgan fingerprint density at radius 3 is 2.50 bits per heavy atom. The molecule has 0 spiro atoms. The van der Waals surface area contributed by atoms with Crippen LogP contribution < -0.4 is 5.32 Å². The van der Waals surface area contributed by atoms with Gasteiger partial charge < -0.3 is 19.6 Å². The molecule has 2 aromatic rings. The van der Waals surface area contributed by atoms with Crippen molar-refractivity contribution in [2.24, 2.45) is 0 Å². The molecule has 1 N–H and O–H groups in total. The number of rotatable bonds is 6. The number of carbonyl (C=O) groups is 1. The van der Waals surface area contributed by atoms with E-state index >= 15 is 0 Å². The quantitative estimate of drug-likeness (QED) is 0.753. The van der Waals surface area contributed by atoms with Crippen molar-refractivity contribution in [2.75, 3.05) is 46.3 Å². The topological polar surface area (TPSA) is 74.5 Å². The molecule has 0 saturated carbocycles. The minimum absolute atomic E-state index is 0.0660. The Labute approximate surface area is 160 Å². The molecule has 0 radical (unpaired) electrons. The predicted octanol–water partition coefficient (Wildman–Crippen LogP) is 2.12. The molecular formula is C18H22F3N5O2. The van der Waals surface area contributed by atoms with Crippen LogP contribution in [-0.4, -0.2) is 72.2 Å². The number of hydrogen-bond donors (Lipinski definition) is 1. The molecule has 1 saturated heterocycles. The third-order valence-electron chi connectivity index (χ3n) is 4.62. The Morgan fingerprint density at radius 1 is 1.18 bits per heavy atom. The molecule has 28 heavy (non-hydrogen) atoms. The lowest BCUT2D eigenvalue weighted by Crippen LogP contribution is -2.45. The SMILES string of the molecule is CN1CCN(CCCNC(=O)c2nc(-c3ccc(C(F)(F)F)cc3)no2)CC1. The van der Waals surface area contributed by atoms with Crippen LogP contribution in [0.3, 0.4) is 0 Å². The first-order valence-corrected chi connectivity index (χ1v) is 9.03. The summed E-state index contributed by atoms with van der Waals surface area (Å²) in [4.78, 5) is 20.7. The largest absolute Gasteiger partial charge is 0.416 e. The minimum Gasteiger partial charge on any atom is -0.348 e. The molecule has 1 fully saturated rings. The van der Waals surface area contributed by atoms with Gasteiger partial charge in [0.15, 0.2) is 0 Å². The fourth-order valence-electron chi connectivity index (χ4n) is 2.89. The van der Waals surface area contributed by atoms with Crippen molar-refractivity contribution in [1.29, 1.82) is 0 Å². The minimum atomic E-state index is -4.41. The average molecular weight is 397 g/mol. The van der Waals surface area contributed by atoms with Crippen molar-refractivity contribution in [3.05, 3.63) is 35.7 Å². The number of nitrogens with one attached hydrogen (secondary N) is 1. The van der Waals surface area contributed by atoms with Crippen molar-refractivity contribution < 1.29 is 22.5 Å². The predicted molar refractivity (Wildman–Crippen MR) is 95.6 cm³/mol. The van der Waals surface area contributed by atoms with Crippen molar-refractivity contribution in [2.45, 2.75) is 12.6 Å². The van der Waals surface area contributed by atoms with Crippen LogP contribution in [0.25, 0.3) is 11.4 Å². The van der Waals surface area contributed by atoms with Gasteiger partial charge in [-0.2, -0.15) is 18.2 Å². The second-order valence-corrected chi connectivity index (χ2v) is 6.75. The fraction of sp³-hybridized carbons (Fsp3) is 0.500. The number of amides is 1. The van der Waals surface area contributed by atoms with Gasteiger partial charge in [-0.3, -0.25) is 4.79 Å². The van der Waals surface area contributed by atoms with E-state index in [-0.39, 0.29) is 11.7 Å². The number of likely N-dealkylation sites (N-methyl/N-ethyl adjacent to an activating group) is 1. The van der Waals surface area contributed by atoms with Gasteiger partial charge in [-0.1, -0.05) is 17.3 Å². The van der Waals surface area contributed by atoms with Crippen LogP contribution in [0.5, 0.6) is 0 Å². The molecule has 3 rings (SSSR count). The normalized spacial score (nSPS) is 16.3. The zero-order valence-electron chi connectivity index (χ0n) is 15.5. The van der Waals surface area contributed by atoms with Crippen LogP contribution in [0.4, 0.5) is 13.2 Å². The van der Waals surface area contributed by atoms with E-state index in [4.69, 9.17) is 4.52 Å². The van der Waals surface area contributed by atoms with Crippen molar-refractivity contribution in [3.8, 4) is 11.4 Å². The first-order chi connectivity index (χ1) is 13.3. The third-order valence-corrected chi connectivity index (χ3v) is 4.62. The van der Waals surface area contributed by atoms with E-state index in [0.717, 1.165) is 51.3 Å². The second-order valence-electron chi connectivity index (χ2n) is 6.75. The summed E-state index contributed by atoms with van der Waals surface area (Å²) in [5.41, 5.74) is -0.427. The molecule has 1 aliphatic rings. The number of piperazine rings is 1. The van der Waals surface area contributed by atoms with Gasteiger partial charge in [0.2, 0.25) is 5.82 Å². The first kappa shape index (κ1) is 20.3. The Kier molecular flexibility index (Phi) is 6.30. The number of halogens is 3. The summed E-state index contributed by atoms with van der Waals surface area (Å²) in [6, 6.07) is 4.35. The lowest BCUT2D eigenvalue weighted by Gasteiger charge is -2.32. The number of nitrogens with zero attached hydrogens (tertiary/aromatic N) is 4. The first-order valence-electron chi connectivity index (χ1n) is 9.03. The molecule has 1 amide bonds. The number of hydrogen-bond acceptors (Lipinski definition) is 6.